The lowest BCUT2D eigenvalue weighted by Gasteiger charge is -2.19. The highest BCUT2D eigenvalue weighted by atomic mass is 32.1. The lowest BCUT2D eigenvalue weighted by Crippen LogP contribution is -2.37. The number of nitrogens with zero attached hydrogens (tertiary/aromatic N) is 2. The summed E-state index contributed by atoms with van der Waals surface area (Å²) in [5.41, 5.74) is 1.40. The molecule has 2 aromatic rings. The van der Waals surface area contributed by atoms with Crippen LogP contribution in [0.1, 0.15) is 21.8 Å². The fraction of sp³-hybridized carbons (Fsp3) is 0.353. The van der Waals surface area contributed by atoms with E-state index in [1.165, 1.54) is 11.3 Å². The van der Waals surface area contributed by atoms with Crippen LogP contribution in [0.15, 0.2) is 24.3 Å². The van der Waals surface area contributed by atoms with Gasteiger partial charge >= 0.3 is 0 Å². The molecule has 8 heteroatoms. The van der Waals surface area contributed by atoms with Crippen molar-refractivity contribution in [3.05, 3.63) is 34.8 Å². The van der Waals surface area contributed by atoms with Gasteiger partial charge < -0.3 is 20.3 Å². The number of aryl methyl sites for hydroxylation is 1. The van der Waals surface area contributed by atoms with Gasteiger partial charge in [-0.3, -0.25) is 9.59 Å². The van der Waals surface area contributed by atoms with E-state index in [4.69, 9.17) is 4.74 Å². The molecule has 1 fully saturated rings. The topological polar surface area (TPSA) is 83.6 Å². The van der Waals surface area contributed by atoms with Gasteiger partial charge in [-0.2, -0.15) is 0 Å². The van der Waals surface area contributed by atoms with E-state index >= 15 is 0 Å². The van der Waals surface area contributed by atoms with Crippen molar-refractivity contribution >= 4 is 34.0 Å². The molecule has 1 atom stereocenters. The van der Waals surface area contributed by atoms with Crippen molar-refractivity contribution in [2.45, 2.75) is 19.4 Å². The van der Waals surface area contributed by atoms with E-state index in [9.17, 15) is 9.59 Å². The first kappa shape index (κ1) is 17.2. The Morgan fingerprint density at radius 1 is 1.40 bits per heavy atom. The maximum absolute atomic E-state index is 12.5. The molecule has 1 aromatic carbocycles. The fourth-order valence-corrected chi connectivity index (χ4v) is 3.68. The molecule has 2 amide bonds. The van der Waals surface area contributed by atoms with Gasteiger partial charge in [-0.25, -0.2) is 4.98 Å². The van der Waals surface area contributed by atoms with Crippen LogP contribution < -0.4 is 20.3 Å². The van der Waals surface area contributed by atoms with Gasteiger partial charge in [-0.15, -0.1) is 0 Å². The van der Waals surface area contributed by atoms with Gasteiger partial charge in [-0.1, -0.05) is 23.5 Å². The van der Waals surface area contributed by atoms with Crippen LogP contribution in [0.4, 0.5) is 10.8 Å². The minimum absolute atomic E-state index is 0.0354. The predicted molar refractivity (Wildman–Crippen MR) is 97.6 cm³/mol. The second kappa shape index (κ2) is 7.10. The monoisotopic (exact) mass is 360 g/mol. The minimum atomic E-state index is -0.246. The Morgan fingerprint density at radius 3 is 2.84 bits per heavy atom. The van der Waals surface area contributed by atoms with E-state index in [1.807, 2.05) is 24.3 Å². The smallest absolute Gasteiger partial charge is 0.263 e. The number of aromatic nitrogens is 1. The number of carbonyl (C=O) groups excluding carboxylic acids is 2. The number of hydrogen-bond donors (Lipinski definition) is 2. The molecule has 132 valence electrons. The molecule has 1 saturated heterocycles. The Bertz CT molecular complexity index is 805. The molecule has 1 unspecified atom stereocenters. The third-order valence-corrected chi connectivity index (χ3v) is 5.23. The number of nitrogens with one attached hydrogen (secondary N) is 2. The highest BCUT2D eigenvalue weighted by Gasteiger charge is 2.33. The summed E-state index contributed by atoms with van der Waals surface area (Å²) < 4.78 is 5.33. The zero-order valence-corrected chi connectivity index (χ0v) is 15.1. The van der Waals surface area contributed by atoms with Gasteiger partial charge in [0.15, 0.2) is 5.13 Å². The minimum Gasteiger partial charge on any atom is -0.495 e. The maximum Gasteiger partial charge on any atom is 0.263 e. The van der Waals surface area contributed by atoms with Crippen molar-refractivity contribution in [3.63, 3.8) is 0 Å². The molecule has 2 N–H and O–H groups in total. The van der Waals surface area contributed by atoms with Gasteiger partial charge in [0.2, 0.25) is 5.91 Å². The van der Waals surface area contributed by atoms with Crippen LogP contribution in [0.2, 0.25) is 0 Å². The number of amides is 2. The van der Waals surface area contributed by atoms with Crippen LogP contribution in [0.5, 0.6) is 5.75 Å². The third kappa shape index (κ3) is 3.43. The number of benzene rings is 1. The number of para-hydroxylation sites is 2. The molecule has 25 heavy (non-hydrogen) atoms. The van der Waals surface area contributed by atoms with E-state index in [-0.39, 0.29) is 24.3 Å². The van der Waals surface area contributed by atoms with Gasteiger partial charge in [0.1, 0.15) is 10.6 Å². The first-order chi connectivity index (χ1) is 12.0. The van der Waals surface area contributed by atoms with E-state index in [1.54, 1.807) is 26.0 Å². The average molecular weight is 360 g/mol. The lowest BCUT2D eigenvalue weighted by molar-refractivity contribution is -0.117. The van der Waals surface area contributed by atoms with Crippen molar-refractivity contribution in [3.8, 4) is 5.75 Å². The largest absolute Gasteiger partial charge is 0.495 e. The van der Waals surface area contributed by atoms with E-state index in [0.717, 1.165) is 5.69 Å². The standard InChI is InChI=1S/C17H20N4O3S/c1-10-15(25-17(18-2)19-10)16(23)20-11-8-14(22)21(9-11)12-6-4-5-7-13(12)24-3/h4-7,11H,8-9H2,1-3H3,(H,18,19)(H,20,23). The number of hydrogen-bond acceptors (Lipinski definition) is 6. The van der Waals surface area contributed by atoms with Crippen LogP contribution in [0.3, 0.4) is 0 Å². The molecule has 0 aliphatic carbocycles. The molecule has 2 heterocycles. The summed E-state index contributed by atoms with van der Waals surface area (Å²) in [5.74, 6) is 0.405. The second-order valence-electron chi connectivity index (χ2n) is 5.73. The second-order valence-corrected chi connectivity index (χ2v) is 6.73. The van der Waals surface area contributed by atoms with Crippen LogP contribution in [-0.4, -0.2) is 43.5 Å². The molecular weight excluding hydrogens is 340 g/mol. The quantitative estimate of drug-likeness (QED) is 0.852. The number of ether oxygens (including phenoxy) is 1. The van der Waals surface area contributed by atoms with Crippen LogP contribution in [0, 0.1) is 6.92 Å². The van der Waals surface area contributed by atoms with Crippen molar-refractivity contribution in [2.24, 2.45) is 0 Å². The Labute approximate surface area is 150 Å². The van der Waals surface area contributed by atoms with Gasteiger partial charge in [0.05, 0.1) is 24.5 Å². The molecular formula is C17H20N4O3S. The molecule has 1 aromatic heterocycles. The van der Waals surface area contributed by atoms with Gasteiger partial charge in [-0.05, 0) is 19.1 Å². The first-order valence-corrected chi connectivity index (χ1v) is 8.74. The van der Waals surface area contributed by atoms with Gasteiger partial charge in [0.25, 0.3) is 5.91 Å². The molecule has 0 spiro atoms. The van der Waals surface area contributed by atoms with Crippen LogP contribution in [-0.2, 0) is 4.79 Å². The Kier molecular flexibility index (Phi) is 4.89. The molecule has 0 radical (unpaired) electrons. The number of methoxy groups -OCH3 is 1. The third-order valence-electron chi connectivity index (χ3n) is 4.05. The van der Waals surface area contributed by atoms with Gasteiger partial charge in [0, 0.05) is 20.0 Å². The molecule has 1 aliphatic heterocycles. The van der Waals surface area contributed by atoms with Crippen molar-refractivity contribution in [1.82, 2.24) is 10.3 Å². The van der Waals surface area contributed by atoms with E-state index in [0.29, 0.717) is 28.0 Å². The van der Waals surface area contributed by atoms with Crippen LogP contribution in [0.25, 0.3) is 0 Å². The average Bonchev–Trinajstić information content (AvgIpc) is 3.17. The van der Waals surface area contributed by atoms with E-state index in [2.05, 4.69) is 15.6 Å². The Balaban J connectivity index is 1.72. The first-order valence-electron chi connectivity index (χ1n) is 7.93. The lowest BCUT2D eigenvalue weighted by atomic mass is 10.2. The van der Waals surface area contributed by atoms with Crippen molar-refractivity contribution in [1.29, 1.82) is 0 Å². The Hall–Kier alpha value is -2.61. The molecule has 3 rings (SSSR count). The summed E-state index contributed by atoms with van der Waals surface area (Å²) in [4.78, 5) is 31.4. The van der Waals surface area contributed by atoms with Crippen molar-refractivity contribution < 1.29 is 14.3 Å². The zero-order valence-electron chi connectivity index (χ0n) is 14.3. The summed E-state index contributed by atoms with van der Waals surface area (Å²) in [7, 11) is 3.34. The highest BCUT2D eigenvalue weighted by Crippen LogP contribution is 2.31. The van der Waals surface area contributed by atoms with E-state index < -0.39 is 0 Å². The SMILES string of the molecule is CNc1nc(C)c(C(=O)NC2CC(=O)N(c3ccccc3OC)C2)s1. The number of anilines is 2. The fourth-order valence-electron chi connectivity index (χ4n) is 2.85. The molecule has 0 saturated carbocycles. The predicted octanol–water partition coefficient (Wildman–Crippen LogP) is 2.04. The van der Waals surface area contributed by atoms with Crippen LogP contribution >= 0.6 is 11.3 Å². The Morgan fingerprint density at radius 2 is 2.16 bits per heavy atom. The summed E-state index contributed by atoms with van der Waals surface area (Å²) in [5, 5.41) is 6.57. The maximum atomic E-state index is 12.5. The number of rotatable bonds is 5. The summed E-state index contributed by atoms with van der Waals surface area (Å²) in [6, 6.07) is 7.12. The molecule has 0 bridgehead atoms. The summed E-state index contributed by atoms with van der Waals surface area (Å²) >= 11 is 1.30. The normalized spacial score (nSPS) is 16.8. The summed E-state index contributed by atoms with van der Waals surface area (Å²) in [6.45, 7) is 2.22. The molecule has 1 aliphatic rings. The molecule has 7 nitrogen and oxygen atoms in total. The number of thiazole rings is 1. The zero-order chi connectivity index (χ0) is 18.0. The number of carbonyl (C=O) groups is 2. The van der Waals surface area contributed by atoms with Crippen molar-refractivity contribution in [2.75, 3.05) is 30.9 Å². The summed E-state index contributed by atoms with van der Waals surface area (Å²) in [6.07, 6.45) is 0.264. The highest BCUT2D eigenvalue weighted by molar-refractivity contribution is 7.17.